The molecule has 0 fully saturated rings. The zero-order valence-corrected chi connectivity index (χ0v) is 16.5. The minimum Gasteiger partial charge on any atom is -0.493 e. The van der Waals surface area contributed by atoms with Crippen LogP contribution in [-0.4, -0.2) is 22.3 Å². The van der Waals surface area contributed by atoms with Crippen LogP contribution in [-0.2, 0) is 6.54 Å². The van der Waals surface area contributed by atoms with Gasteiger partial charge in [-0.25, -0.2) is 0 Å². The van der Waals surface area contributed by atoms with Gasteiger partial charge in [0.15, 0.2) is 5.82 Å². The van der Waals surface area contributed by atoms with Crippen molar-refractivity contribution in [3.8, 4) is 5.75 Å². The third-order valence-corrected chi connectivity index (χ3v) is 4.58. The summed E-state index contributed by atoms with van der Waals surface area (Å²) in [5.74, 6) is 0.740. The summed E-state index contributed by atoms with van der Waals surface area (Å²) in [6, 6.07) is 14.3. The molecule has 0 bridgehead atoms. The summed E-state index contributed by atoms with van der Waals surface area (Å²) >= 11 is 12.2. The molecule has 140 valence electrons. The Morgan fingerprint density at radius 1 is 1.19 bits per heavy atom. The minimum atomic E-state index is -0.270. The summed E-state index contributed by atoms with van der Waals surface area (Å²) in [6.07, 6.45) is 0. The van der Waals surface area contributed by atoms with Gasteiger partial charge in [0, 0.05) is 21.8 Å². The van der Waals surface area contributed by atoms with Gasteiger partial charge in [-0.2, -0.15) is 5.10 Å². The van der Waals surface area contributed by atoms with Crippen molar-refractivity contribution in [2.75, 3.05) is 11.9 Å². The Labute approximate surface area is 167 Å². The van der Waals surface area contributed by atoms with E-state index in [0.717, 1.165) is 11.3 Å². The number of para-hydroxylation sites is 1. The van der Waals surface area contributed by atoms with E-state index in [1.54, 1.807) is 35.0 Å². The smallest absolute Gasteiger partial charge is 0.260 e. The van der Waals surface area contributed by atoms with Gasteiger partial charge in [0.25, 0.3) is 5.91 Å². The van der Waals surface area contributed by atoms with E-state index in [-0.39, 0.29) is 5.91 Å². The van der Waals surface area contributed by atoms with Gasteiger partial charge >= 0.3 is 0 Å². The van der Waals surface area contributed by atoms with Gasteiger partial charge in [-0.15, -0.1) is 0 Å². The predicted molar refractivity (Wildman–Crippen MR) is 108 cm³/mol. The van der Waals surface area contributed by atoms with Crippen LogP contribution in [0.25, 0.3) is 0 Å². The highest BCUT2D eigenvalue weighted by molar-refractivity contribution is 6.35. The minimum absolute atomic E-state index is 0.270. The fourth-order valence-electron chi connectivity index (χ4n) is 2.66. The number of carbonyl (C=O) groups is 1. The highest BCUT2D eigenvalue weighted by Crippen LogP contribution is 2.23. The molecule has 3 rings (SSSR count). The molecule has 1 heterocycles. The van der Waals surface area contributed by atoms with Crippen LogP contribution in [0.5, 0.6) is 5.75 Å². The Bertz CT molecular complexity index is 970. The zero-order valence-electron chi connectivity index (χ0n) is 15.0. The summed E-state index contributed by atoms with van der Waals surface area (Å²) in [5.41, 5.74) is 2.26. The van der Waals surface area contributed by atoms with Gasteiger partial charge in [-0.1, -0.05) is 41.4 Å². The number of ether oxygens (including phenoxy) is 1. The lowest BCUT2D eigenvalue weighted by Gasteiger charge is -2.09. The molecule has 3 aromatic rings. The second-order valence-corrected chi connectivity index (χ2v) is 6.79. The van der Waals surface area contributed by atoms with Gasteiger partial charge in [0.2, 0.25) is 0 Å². The first-order valence-electron chi connectivity index (χ1n) is 8.49. The number of halogens is 2. The van der Waals surface area contributed by atoms with E-state index in [1.165, 1.54) is 0 Å². The Morgan fingerprint density at radius 2 is 1.96 bits per heavy atom. The topological polar surface area (TPSA) is 56.1 Å². The van der Waals surface area contributed by atoms with Crippen molar-refractivity contribution < 1.29 is 9.53 Å². The molecule has 0 unspecified atom stereocenters. The number of hydrogen-bond acceptors (Lipinski definition) is 3. The first-order chi connectivity index (χ1) is 13.0. The Balaban J connectivity index is 1.77. The van der Waals surface area contributed by atoms with E-state index in [0.29, 0.717) is 40.3 Å². The molecular weight excluding hydrogens is 385 g/mol. The number of anilines is 1. The average Bonchev–Trinajstić information content (AvgIpc) is 2.97. The summed E-state index contributed by atoms with van der Waals surface area (Å²) in [7, 11) is 0. The molecule has 7 heteroatoms. The van der Waals surface area contributed by atoms with Gasteiger partial charge in [-0.05, 0) is 43.7 Å². The van der Waals surface area contributed by atoms with Crippen molar-refractivity contribution in [1.29, 1.82) is 0 Å². The molecule has 0 aliphatic rings. The molecule has 1 amide bonds. The first kappa shape index (κ1) is 19.3. The molecule has 0 saturated heterocycles. The van der Waals surface area contributed by atoms with E-state index >= 15 is 0 Å². The van der Waals surface area contributed by atoms with Gasteiger partial charge < -0.3 is 10.1 Å². The standard InChI is InChI=1S/C20H19Cl2N3O2/c1-3-27-18-7-5-4-6-16(18)20(26)23-19-10-13(2)25(24-19)12-14-8-9-15(21)11-17(14)22/h4-11H,3,12H2,1-2H3,(H,23,24,26). The number of aryl methyl sites for hydroxylation is 1. The van der Waals surface area contributed by atoms with Crippen LogP contribution in [0.2, 0.25) is 10.0 Å². The molecule has 2 aromatic carbocycles. The number of benzene rings is 2. The lowest BCUT2D eigenvalue weighted by molar-refractivity contribution is 0.102. The quantitative estimate of drug-likeness (QED) is 0.615. The zero-order chi connectivity index (χ0) is 19.4. The van der Waals surface area contributed by atoms with Crippen LogP contribution >= 0.6 is 23.2 Å². The van der Waals surface area contributed by atoms with Crippen molar-refractivity contribution in [1.82, 2.24) is 9.78 Å². The van der Waals surface area contributed by atoms with Gasteiger partial charge in [0.05, 0.1) is 18.7 Å². The van der Waals surface area contributed by atoms with Gasteiger partial charge in [0.1, 0.15) is 5.75 Å². The second kappa shape index (κ2) is 8.46. The number of nitrogens with one attached hydrogen (secondary N) is 1. The van der Waals surface area contributed by atoms with E-state index in [9.17, 15) is 4.79 Å². The molecule has 0 saturated carbocycles. The van der Waals surface area contributed by atoms with E-state index < -0.39 is 0 Å². The normalized spacial score (nSPS) is 10.7. The third-order valence-electron chi connectivity index (χ3n) is 3.99. The number of rotatable bonds is 6. The molecule has 1 aromatic heterocycles. The number of nitrogens with zero attached hydrogens (tertiary/aromatic N) is 2. The molecule has 5 nitrogen and oxygen atoms in total. The van der Waals surface area contributed by atoms with Crippen LogP contribution in [0.1, 0.15) is 28.5 Å². The average molecular weight is 404 g/mol. The molecule has 0 atom stereocenters. The molecular formula is C20H19Cl2N3O2. The maximum Gasteiger partial charge on any atom is 0.260 e. The number of aromatic nitrogens is 2. The first-order valence-corrected chi connectivity index (χ1v) is 9.25. The SMILES string of the molecule is CCOc1ccccc1C(=O)Nc1cc(C)n(Cc2ccc(Cl)cc2Cl)n1. The molecule has 0 aliphatic carbocycles. The molecule has 0 spiro atoms. The largest absolute Gasteiger partial charge is 0.493 e. The number of carbonyl (C=O) groups excluding carboxylic acids is 1. The van der Waals surface area contributed by atoms with E-state index in [2.05, 4.69) is 10.4 Å². The monoisotopic (exact) mass is 403 g/mol. The highest BCUT2D eigenvalue weighted by atomic mass is 35.5. The van der Waals surface area contributed by atoms with E-state index in [1.807, 2.05) is 32.0 Å². The highest BCUT2D eigenvalue weighted by Gasteiger charge is 2.15. The summed E-state index contributed by atoms with van der Waals surface area (Å²) in [4.78, 5) is 12.6. The Kier molecular flexibility index (Phi) is 6.04. The van der Waals surface area contributed by atoms with Crippen LogP contribution in [0.4, 0.5) is 5.82 Å². The van der Waals surface area contributed by atoms with Crippen LogP contribution < -0.4 is 10.1 Å². The van der Waals surface area contributed by atoms with Crippen LogP contribution in [0.15, 0.2) is 48.5 Å². The molecule has 0 aliphatic heterocycles. The fraction of sp³-hybridized carbons (Fsp3) is 0.200. The third kappa shape index (κ3) is 4.62. The van der Waals surface area contributed by atoms with Crippen molar-refractivity contribution >= 4 is 34.9 Å². The van der Waals surface area contributed by atoms with Gasteiger partial charge in [-0.3, -0.25) is 9.48 Å². The second-order valence-electron chi connectivity index (χ2n) is 5.95. The molecule has 1 N–H and O–H groups in total. The lowest BCUT2D eigenvalue weighted by atomic mass is 10.2. The Morgan fingerprint density at radius 3 is 2.70 bits per heavy atom. The number of amides is 1. The van der Waals surface area contributed by atoms with Crippen LogP contribution in [0, 0.1) is 6.92 Å². The van der Waals surface area contributed by atoms with Crippen molar-refractivity contribution in [2.24, 2.45) is 0 Å². The number of hydrogen-bond donors (Lipinski definition) is 1. The maximum atomic E-state index is 12.6. The summed E-state index contributed by atoms with van der Waals surface area (Å²) in [6.45, 7) is 4.76. The summed E-state index contributed by atoms with van der Waals surface area (Å²) < 4.78 is 7.29. The Hall–Kier alpha value is -2.50. The lowest BCUT2D eigenvalue weighted by Crippen LogP contribution is -2.14. The maximum absolute atomic E-state index is 12.6. The fourth-order valence-corrected chi connectivity index (χ4v) is 3.13. The predicted octanol–water partition coefficient (Wildman–Crippen LogP) is 5.20. The van der Waals surface area contributed by atoms with Crippen LogP contribution in [0.3, 0.4) is 0 Å². The molecule has 27 heavy (non-hydrogen) atoms. The molecule has 0 radical (unpaired) electrons. The van der Waals surface area contributed by atoms with E-state index in [4.69, 9.17) is 27.9 Å². The summed E-state index contributed by atoms with van der Waals surface area (Å²) in [5, 5.41) is 8.45. The van der Waals surface area contributed by atoms with Crippen molar-refractivity contribution in [3.63, 3.8) is 0 Å². The van der Waals surface area contributed by atoms with Crippen molar-refractivity contribution in [3.05, 3.63) is 75.4 Å². The van der Waals surface area contributed by atoms with Crippen molar-refractivity contribution in [2.45, 2.75) is 20.4 Å².